The number of para-hydroxylation sites is 3. The van der Waals surface area contributed by atoms with E-state index >= 15 is 0 Å². The molecule has 0 N–H and O–H groups in total. The van der Waals surface area contributed by atoms with Gasteiger partial charge in [0.2, 0.25) is 0 Å². The van der Waals surface area contributed by atoms with E-state index in [1.54, 1.807) is 0 Å². The van der Waals surface area contributed by atoms with Crippen molar-refractivity contribution in [2.24, 2.45) is 0 Å². The van der Waals surface area contributed by atoms with Gasteiger partial charge in [-0.1, -0.05) is 59.7 Å². The van der Waals surface area contributed by atoms with Crippen molar-refractivity contribution in [3.63, 3.8) is 0 Å². The zero-order valence-electron chi connectivity index (χ0n) is 22.7. The second kappa shape index (κ2) is 10.7. The Hall–Kier alpha value is -3.43. The van der Waals surface area contributed by atoms with Crippen molar-refractivity contribution in [1.82, 2.24) is 19.6 Å². The van der Waals surface area contributed by atoms with E-state index in [0.29, 0.717) is 0 Å². The molecule has 0 bridgehead atoms. The molecule has 5 nitrogen and oxygen atoms in total. The first-order valence-corrected chi connectivity index (χ1v) is 12.6. The molecule has 0 aliphatic heterocycles. The molecule has 2 aromatic heterocycles. The van der Waals surface area contributed by atoms with Crippen LogP contribution in [0.5, 0.6) is 0 Å². The predicted octanol–water partition coefficient (Wildman–Crippen LogP) is 7.72. The molecule has 0 saturated carbocycles. The minimum absolute atomic E-state index is 0. The molecular weight excluding hydrogens is 649 g/mol. The number of hydrogen-bond donors (Lipinski definition) is 0. The molecule has 5 rings (SSSR count). The zero-order valence-corrected chi connectivity index (χ0v) is 25.0. The average Bonchev–Trinajstić information content (AvgIpc) is 3.52. The van der Waals surface area contributed by atoms with Gasteiger partial charge in [-0.15, -0.1) is 12.1 Å². The minimum Gasteiger partial charge on any atom is -0.276 e. The number of anilines is 3. The van der Waals surface area contributed by atoms with Crippen molar-refractivity contribution in [3.8, 4) is 11.4 Å². The van der Waals surface area contributed by atoms with Crippen molar-refractivity contribution < 1.29 is 21.1 Å². The average molecular weight is 683 g/mol. The van der Waals surface area contributed by atoms with E-state index in [1.807, 2.05) is 76.1 Å². The van der Waals surface area contributed by atoms with Crippen LogP contribution in [0.4, 0.5) is 17.3 Å². The number of hydrogen-bond acceptors (Lipinski definition) is 3. The van der Waals surface area contributed by atoms with Crippen LogP contribution in [0.3, 0.4) is 0 Å². The molecule has 196 valence electrons. The van der Waals surface area contributed by atoms with Crippen LogP contribution in [0.2, 0.25) is 0 Å². The number of rotatable bonds is 5. The Morgan fingerprint density at radius 1 is 0.605 bits per heavy atom. The van der Waals surface area contributed by atoms with Gasteiger partial charge in [0.25, 0.3) is 0 Å². The summed E-state index contributed by atoms with van der Waals surface area (Å²) in [6, 6.07) is 37.2. The van der Waals surface area contributed by atoms with Crippen LogP contribution in [0.15, 0.2) is 91.0 Å². The van der Waals surface area contributed by atoms with E-state index < -0.39 is 0 Å². The van der Waals surface area contributed by atoms with Gasteiger partial charge in [0.1, 0.15) is 0 Å². The third kappa shape index (κ3) is 5.54. The summed E-state index contributed by atoms with van der Waals surface area (Å²) >= 11 is 0. The van der Waals surface area contributed by atoms with Gasteiger partial charge in [-0.3, -0.25) is 14.3 Å². The number of aromatic nitrogens is 4. The maximum atomic E-state index is 5.13. The molecule has 0 saturated heterocycles. The molecule has 3 aromatic carbocycles. The third-order valence-electron chi connectivity index (χ3n) is 6.24. The van der Waals surface area contributed by atoms with E-state index in [4.69, 9.17) is 10.2 Å². The van der Waals surface area contributed by atoms with Crippen molar-refractivity contribution in [2.75, 3.05) is 4.90 Å². The Kier molecular flexibility index (Phi) is 7.80. The summed E-state index contributed by atoms with van der Waals surface area (Å²) in [5.41, 5.74) is 4.73. The molecule has 6 heteroatoms. The molecular formula is C32H33N5Pt. The van der Waals surface area contributed by atoms with E-state index in [-0.39, 0.29) is 31.9 Å². The molecule has 38 heavy (non-hydrogen) atoms. The molecule has 0 amide bonds. The number of nitrogens with zero attached hydrogens (tertiary/aromatic N) is 5. The van der Waals surface area contributed by atoms with E-state index in [2.05, 4.69) is 82.8 Å². The standard InChI is InChI=1S/C32H33N5.Pt/c1-31(2,3)27-22-29(33-36(27)25-18-12-8-13-19-25)35(24-16-10-7-11-17-24)30-23-28(32(4,5)6)37(34-30)26-20-14-9-15-21-26;/h7-18,20,22-23H,1-6H3;/q-2;+2. The summed E-state index contributed by atoms with van der Waals surface area (Å²) < 4.78 is 4.00. The molecule has 0 atom stereocenters. The smallest absolute Gasteiger partial charge is 0.276 e. The summed E-state index contributed by atoms with van der Waals surface area (Å²) in [6.45, 7) is 13.2. The molecule has 0 radical (unpaired) electrons. The number of benzene rings is 3. The molecule has 0 fully saturated rings. The van der Waals surface area contributed by atoms with Gasteiger partial charge in [-0.25, -0.2) is 0 Å². The molecule has 0 spiro atoms. The zero-order chi connectivity index (χ0) is 26.2. The van der Waals surface area contributed by atoms with E-state index in [0.717, 1.165) is 40.1 Å². The second-order valence-electron chi connectivity index (χ2n) is 11.3. The van der Waals surface area contributed by atoms with Crippen molar-refractivity contribution in [2.45, 2.75) is 52.4 Å². The van der Waals surface area contributed by atoms with Crippen LogP contribution in [-0.4, -0.2) is 19.6 Å². The van der Waals surface area contributed by atoms with Gasteiger partial charge in [0.15, 0.2) is 11.6 Å². The maximum absolute atomic E-state index is 5.13. The quantitative estimate of drug-likeness (QED) is 0.178. The third-order valence-corrected chi connectivity index (χ3v) is 6.24. The fourth-order valence-electron chi connectivity index (χ4n) is 4.38. The van der Waals surface area contributed by atoms with Crippen LogP contribution >= 0.6 is 0 Å². The maximum Gasteiger partial charge on any atom is 2.00 e. The Balaban J connectivity index is 0.00000336. The second-order valence-corrected chi connectivity index (χ2v) is 11.3. The SMILES string of the molecule is CC(C)(C)c1cc(N(c2ccccc2)c2cc(C(C)(C)C)n(-c3[c-]cccc3)n2)nn1-c1[c-]cccc1.[Pt+2]. The first kappa shape index (κ1) is 27.6. The van der Waals surface area contributed by atoms with Crippen molar-refractivity contribution in [3.05, 3.63) is 115 Å². The van der Waals surface area contributed by atoms with Gasteiger partial charge < -0.3 is 0 Å². The molecule has 0 aliphatic rings. The minimum atomic E-state index is -0.133. The largest absolute Gasteiger partial charge is 2.00 e. The summed E-state index contributed by atoms with van der Waals surface area (Å²) in [5.74, 6) is 1.60. The van der Waals surface area contributed by atoms with Crippen molar-refractivity contribution >= 4 is 17.3 Å². The van der Waals surface area contributed by atoms with Crippen LogP contribution in [0.1, 0.15) is 52.9 Å². The molecule has 5 aromatic rings. The Labute approximate surface area is 240 Å². The first-order chi connectivity index (χ1) is 17.6. The predicted molar refractivity (Wildman–Crippen MR) is 150 cm³/mol. The molecule has 0 aliphatic carbocycles. The van der Waals surface area contributed by atoms with Gasteiger partial charge in [-0.05, 0) is 23.5 Å². The normalized spacial score (nSPS) is 11.7. The fraction of sp³-hybridized carbons (Fsp3) is 0.250. The van der Waals surface area contributed by atoms with Gasteiger partial charge in [-0.2, -0.15) is 58.7 Å². The summed E-state index contributed by atoms with van der Waals surface area (Å²) in [4.78, 5) is 2.13. The van der Waals surface area contributed by atoms with Gasteiger partial charge >= 0.3 is 21.1 Å². The fourth-order valence-corrected chi connectivity index (χ4v) is 4.38. The Morgan fingerprint density at radius 3 is 1.39 bits per heavy atom. The first-order valence-electron chi connectivity index (χ1n) is 12.6. The van der Waals surface area contributed by atoms with Gasteiger partial charge in [0, 0.05) is 40.0 Å². The van der Waals surface area contributed by atoms with Gasteiger partial charge in [0.05, 0.1) is 0 Å². The van der Waals surface area contributed by atoms with Crippen LogP contribution in [0.25, 0.3) is 11.4 Å². The topological polar surface area (TPSA) is 38.9 Å². The van der Waals surface area contributed by atoms with Crippen molar-refractivity contribution in [1.29, 1.82) is 0 Å². The molecule has 0 unspecified atom stereocenters. The Morgan fingerprint density at radius 2 is 1.03 bits per heavy atom. The summed E-state index contributed by atoms with van der Waals surface area (Å²) in [7, 11) is 0. The summed E-state index contributed by atoms with van der Waals surface area (Å²) in [6.07, 6.45) is 0. The van der Waals surface area contributed by atoms with Crippen LogP contribution < -0.4 is 4.90 Å². The van der Waals surface area contributed by atoms with E-state index in [9.17, 15) is 0 Å². The molecule has 2 heterocycles. The van der Waals surface area contributed by atoms with Crippen LogP contribution in [-0.2, 0) is 31.9 Å². The monoisotopic (exact) mass is 682 g/mol. The summed E-state index contributed by atoms with van der Waals surface area (Å²) in [5, 5.41) is 10.3. The van der Waals surface area contributed by atoms with Crippen LogP contribution in [0, 0.1) is 12.1 Å². The Bertz CT molecular complexity index is 1380. The van der Waals surface area contributed by atoms with E-state index in [1.165, 1.54) is 0 Å².